The summed E-state index contributed by atoms with van der Waals surface area (Å²) in [5.41, 5.74) is -3.93. The summed E-state index contributed by atoms with van der Waals surface area (Å²) in [5, 5.41) is 9.36. The van der Waals surface area contributed by atoms with Crippen molar-refractivity contribution in [2.45, 2.75) is 140 Å². The van der Waals surface area contributed by atoms with E-state index in [1.165, 1.54) is 39.0 Å². The van der Waals surface area contributed by atoms with Gasteiger partial charge in [-0.15, -0.1) is 0 Å². The molecule has 9 atom stereocenters. The van der Waals surface area contributed by atoms with Gasteiger partial charge in [-0.05, 0) is 140 Å². The Balaban J connectivity index is 0.000000148. The van der Waals surface area contributed by atoms with Gasteiger partial charge in [0.15, 0.2) is 0 Å². The molecule has 0 aromatic carbocycles. The maximum atomic E-state index is 12.8. The van der Waals surface area contributed by atoms with Crippen LogP contribution in [0.2, 0.25) is 0 Å². The first kappa shape index (κ1) is 43.2. The van der Waals surface area contributed by atoms with Gasteiger partial charge in [-0.2, -0.15) is 26.3 Å². The minimum absolute atomic E-state index is 0.0646. The molecule has 1 heterocycles. The van der Waals surface area contributed by atoms with Crippen LogP contribution in [0.1, 0.15) is 98.3 Å². The molecule has 8 bridgehead atoms. The predicted molar refractivity (Wildman–Crippen MR) is 191 cm³/mol. The lowest BCUT2D eigenvalue weighted by Crippen LogP contribution is -2.58. The third kappa shape index (κ3) is 8.16. The largest absolute Gasteiger partial charge is 0.459 e. The summed E-state index contributed by atoms with van der Waals surface area (Å²) in [5.74, 6) is 0.539. The number of ether oxygens (including phenoxy) is 4. The van der Waals surface area contributed by atoms with Crippen LogP contribution in [0.25, 0.3) is 0 Å². The van der Waals surface area contributed by atoms with Crippen molar-refractivity contribution in [3.8, 4) is 0 Å². The highest BCUT2D eigenvalue weighted by molar-refractivity contribution is 5.88. The Morgan fingerprint density at radius 2 is 1.23 bits per heavy atom. The lowest BCUT2D eigenvalue weighted by molar-refractivity contribution is -0.373. The Morgan fingerprint density at radius 3 is 1.72 bits per heavy atom. The fourth-order valence-corrected chi connectivity index (χ4v) is 11.7. The first-order chi connectivity index (χ1) is 26.3. The molecule has 57 heavy (non-hydrogen) atoms. The van der Waals surface area contributed by atoms with Crippen molar-refractivity contribution < 1.29 is 69.6 Å². The Labute approximate surface area is 328 Å². The molecule has 1 N–H and O–H groups in total. The summed E-state index contributed by atoms with van der Waals surface area (Å²) in [6.45, 7) is 17.6. The fraction of sp³-hybridized carbons (Fsp3) is 0.762. The van der Waals surface area contributed by atoms with Crippen molar-refractivity contribution in [3.05, 3.63) is 36.5 Å². The second kappa shape index (κ2) is 15.3. The van der Waals surface area contributed by atoms with Gasteiger partial charge in [0.1, 0.15) is 23.9 Å². The third-order valence-electron chi connectivity index (χ3n) is 14.4. The molecule has 318 valence electrons. The van der Waals surface area contributed by atoms with Crippen LogP contribution in [0.4, 0.5) is 26.3 Å². The smallest absolute Gasteiger partial charge is 0.426 e. The molecule has 1 saturated heterocycles. The zero-order chi connectivity index (χ0) is 42.2. The molecule has 9 nitrogen and oxygen atoms in total. The second-order valence-electron chi connectivity index (χ2n) is 18.5. The Morgan fingerprint density at radius 1 is 0.719 bits per heavy atom. The van der Waals surface area contributed by atoms with E-state index in [0.29, 0.717) is 41.7 Å². The molecule has 9 unspecified atom stereocenters. The molecule has 9 rings (SSSR count). The number of halogens is 6. The SMILES string of the molecule is C=C(C)C(=O)OC1(C)C2CC3CC(C2)CC1C3.C=C(C)C(=O)OC1C2CC3C(=O)OC1C3C2.C=C(C)C(=O)OC1CC2CC(CC(O)(C(F)(F)F)C(F)(F)F)C1C2. The second-order valence-corrected chi connectivity index (χ2v) is 18.5. The molecule has 0 spiro atoms. The molecule has 0 amide bonds. The molecule has 1 aliphatic heterocycles. The number of rotatable bonds is 8. The first-order valence-corrected chi connectivity index (χ1v) is 20.0. The van der Waals surface area contributed by atoms with Crippen LogP contribution < -0.4 is 0 Å². The van der Waals surface area contributed by atoms with Crippen LogP contribution in [0, 0.1) is 59.2 Å². The van der Waals surface area contributed by atoms with Crippen molar-refractivity contribution in [2.24, 2.45) is 59.2 Å². The predicted octanol–water partition coefficient (Wildman–Crippen LogP) is 8.14. The van der Waals surface area contributed by atoms with Gasteiger partial charge in [-0.1, -0.05) is 19.7 Å². The number of hydrogen-bond donors (Lipinski definition) is 1. The summed E-state index contributed by atoms with van der Waals surface area (Å²) < 4.78 is 98.7. The lowest BCUT2D eigenvalue weighted by atomic mass is 9.50. The van der Waals surface area contributed by atoms with Crippen molar-refractivity contribution >= 4 is 23.9 Å². The quantitative estimate of drug-likeness (QED) is 0.112. The number of hydrogen-bond acceptors (Lipinski definition) is 9. The van der Waals surface area contributed by atoms with Crippen molar-refractivity contribution in [2.75, 3.05) is 0 Å². The molecule has 9 aliphatic rings. The van der Waals surface area contributed by atoms with Crippen molar-refractivity contribution in [1.82, 2.24) is 0 Å². The van der Waals surface area contributed by atoms with Crippen LogP contribution in [0.15, 0.2) is 36.5 Å². The van der Waals surface area contributed by atoms with Gasteiger partial charge >= 0.3 is 36.2 Å². The summed E-state index contributed by atoms with van der Waals surface area (Å²) in [6.07, 6.45) is -5.04. The van der Waals surface area contributed by atoms with E-state index < -0.39 is 48.3 Å². The summed E-state index contributed by atoms with van der Waals surface area (Å²) in [4.78, 5) is 46.3. The summed E-state index contributed by atoms with van der Waals surface area (Å²) in [6, 6.07) is 0. The van der Waals surface area contributed by atoms with E-state index in [0.717, 1.165) is 24.7 Å². The van der Waals surface area contributed by atoms with Crippen LogP contribution in [0.5, 0.6) is 0 Å². The van der Waals surface area contributed by atoms with Gasteiger partial charge in [0.25, 0.3) is 5.60 Å². The van der Waals surface area contributed by atoms with Crippen LogP contribution in [0.3, 0.4) is 0 Å². The van der Waals surface area contributed by atoms with E-state index in [4.69, 9.17) is 18.9 Å². The number of esters is 4. The standard InChI is InChI=1S/C15H18F6O3.C15H22O2.C12H14O4/c1-7(2)12(22)24-11-5-8-3-9(10(11)4-8)6-13(23,14(16,17)18)15(19,20)21;1-9(2)14(16)17-15(3)12-5-10-4-11(7-12)8-13(15)6-10;1-5(2)11(13)15-9-6-3-7-8(4-6)12(14)16-10(7)9/h8-11,23H,1,3-6H2,2H3;10-13H,1,4-8H2,2-3H3;6-10H,1,3-4H2,2H3. The monoisotopic (exact) mass is 816 g/mol. The normalized spacial score (nSPS) is 39.0. The molecule has 9 fully saturated rings. The highest BCUT2D eigenvalue weighted by atomic mass is 19.4. The highest BCUT2D eigenvalue weighted by Gasteiger charge is 2.71. The fourth-order valence-electron chi connectivity index (χ4n) is 11.7. The molecular weight excluding hydrogens is 762 g/mol. The Bertz CT molecular complexity index is 1620. The van der Waals surface area contributed by atoms with E-state index >= 15 is 0 Å². The van der Waals surface area contributed by atoms with E-state index in [-0.39, 0.29) is 65.5 Å². The van der Waals surface area contributed by atoms with Crippen molar-refractivity contribution in [1.29, 1.82) is 0 Å². The van der Waals surface area contributed by atoms with Crippen LogP contribution in [-0.2, 0) is 38.1 Å². The van der Waals surface area contributed by atoms with E-state index in [1.807, 2.05) is 0 Å². The van der Waals surface area contributed by atoms with Gasteiger partial charge in [-0.3, -0.25) is 4.79 Å². The lowest BCUT2D eigenvalue weighted by Gasteiger charge is -2.59. The molecule has 8 aliphatic carbocycles. The first-order valence-electron chi connectivity index (χ1n) is 20.0. The van der Waals surface area contributed by atoms with Gasteiger partial charge in [-0.25, -0.2) is 14.4 Å². The maximum absolute atomic E-state index is 12.8. The minimum atomic E-state index is -5.82. The number of aliphatic hydroxyl groups is 1. The average molecular weight is 817 g/mol. The molecule has 0 radical (unpaired) electrons. The van der Waals surface area contributed by atoms with Crippen LogP contribution in [-0.4, -0.2) is 70.9 Å². The topological polar surface area (TPSA) is 125 Å². The molecule has 8 saturated carbocycles. The molecule has 0 aromatic heterocycles. The van der Waals surface area contributed by atoms with E-state index in [9.17, 15) is 50.6 Å². The maximum Gasteiger partial charge on any atom is 0.426 e. The average Bonchev–Trinajstić information content (AvgIpc) is 3.90. The molecular formula is C42H54F6O9. The molecule has 15 heteroatoms. The van der Waals surface area contributed by atoms with Gasteiger partial charge < -0.3 is 24.1 Å². The summed E-state index contributed by atoms with van der Waals surface area (Å²) >= 11 is 0. The van der Waals surface area contributed by atoms with Crippen molar-refractivity contribution in [3.63, 3.8) is 0 Å². The number of carbonyl (C=O) groups is 4. The van der Waals surface area contributed by atoms with Gasteiger partial charge in [0.2, 0.25) is 0 Å². The number of carbonyl (C=O) groups excluding carboxylic acids is 4. The number of alkyl halides is 6. The van der Waals surface area contributed by atoms with E-state index in [2.05, 4.69) is 26.7 Å². The Kier molecular flexibility index (Phi) is 11.6. The summed E-state index contributed by atoms with van der Waals surface area (Å²) in [7, 11) is 0. The van der Waals surface area contributed by atoms with Gasteiger partial charge in [0, 0.05) is 28.6 Å². The third-order valence-corrected chi connectivity index (χ3v) is 14.4. The van der Waals surface area contributed by atoms with Gasteiger partial charge in [0.05, 0.1) is 5.92 Å². The minimum Gasteiger partial charge on any atom is -0.459 e. The zero-order valence-electron chi connectivity index (χ0n) is 32.9. The van der Waals surface area contributed by atoms with E-state index in [1.54, 1.807) is 13.8 Å². The molecule has 0 aromatic rings. The number of fused-ring (bicyclic) bond motifs is 3. The van der Waals surface area contributed by atoms with Crippen LogP contribution >= 0.6 is 0 Å². The highest BCUT2D eigenvalue weighted by Crippen LogP contribution is 2.60. The zero-order valence-corrected chi connectivity index (χ0v) is 32.9. The Hall–Kier alpha value is -3.36.